The summed E-state index contributed by atoms with van der Waals surface area (Å²) in [4.78, 5) is 39.2. The molecule has 8 heteroatoms. The molecule has 1 heterocycles. The van der Waals surface area contributed by atoms with E-state index in [-0.39, 0.29) is 30.8 Å². The first-order valence-electron chi connectivity index (χ1n) is 10.7. The normalized spacial score (nSPS) is 12.5. The van der Waals surface area contributed by atoms with Gasteiger partial charge in [-0.15, -0.1) is 0 Å². The fraction of sp³-hybridized carbons (Fsp3) is 0.192. The molecule has 0 bridgehead atoms. The SMILES string of the molecule is CCOc1c(Cl)cc(CNC(=O)c2cccc(CN3C(=O)c4ccccc4C3=O)c2)cc1OC. The number of nitrogens with one attached hydrogen (secondary N) is 1. The predicted octanol–water partition coefficient (Wildman–Crippen LogP) is 4.47. The van der Waals surface area contributed by atoms with Gasteiger partial charge in [-0.1, -0.05) is 35.9 Å². The van der Waals surface area contributed by atoms with E-state index in [1.165, 1.54) is 12.0 Å². The third-order valence-electron chi connectivity index (χ3n) is 5.44. The molecule has 174 valence electrons. The van der Waals surface area contributed by atoms with Gasteiger partial charge in [-0.25, -0.2) is 0 Å². The maximum absolute atomic E-state index is 12.8. The van der Waals surface area contributed by atoms with Gasteiger partial charge in [0.15, 0.2) is 11.5 Å². The average Bonchev–Trinajstić information content (AvgIpc) is 3.09. The second-order valence-electron chi connectivity index (χ2n) is 7.67. The van der Waals surface area contributed by atoms with Crippen LogP contribution in [-0.2, 0) is 13.1 Å². The molecule has 1 aliphatic rings. The summed E-state index contributed by atoms with van der Waals surface area (Å²) < 4.78 is 10.9. The number of carbonyl (C=O) groups excluding carboxylic acids is 3. The van der Waals surface area contributed by atoms with Gasteiger partial charge in [-0.05, 0) is 54.4 Å². The van der Waals surface area contributed by atoms with Gasteiger partial charge in [-0.3, -0.25) is 19.3 Å². The zero-order valence-electron chi connectivity index (χ0n) is 18.8. The van der Waals surface area contributed by atoms with Gasteiger partial charge in [0, 0.05) is 12.1 Å². The van der Waals surface area contributed by atoms with Gasteiger partial charge in [0.25, 0.3) is 17.7 Å². The molecule has 1 aliphatic heterocycles. The number of fused-ring (bicyclic) bond motifs is 1. The van der Waals surface area contributed by atoms with E-state index in [0.29, 0.717) is 45.4 Å². The molecule has 1 N–H and O–H groups in total. The minimum Gasteiger partial charge on any atom is -0.493 e. The van der Waals surface area contributed by atoms with Gasteiger partial charge in [0.2, 0.25) is 0 Å². The van der Waals surface area contributed by atoms with Gasteiger partial charge in [0.05, 0.1) is 36.4 Å². The molecule has 3 aromatic rings. The highest BCUT2D eigenvalue weighted by Crippen LogP contribution is 2.36. The van der Waals surface area contributed by atoms with Gasteiger partial charge in [-0.2, -0.15) is 0 Å². The standard InChI is InChI=1S/C26H23ClN2O5/c1-3-34-23-21(27)12-17(13-22(23)33-2)14-28-24(30)18-8-6-7-16(11-18)15-29-25(31)19-9-4-5-10-20(19)26(29)32/h4-13H,3,14-15H2,1-2H3,(H,28,30). The van der Waals surface area contributed by atoms with E-state index in [0.717, 1.165) is 5.56 Å². The summed E-state index contributed by atoms with van der Waals surface area (Å²) in [5, 5.41) is 3.25. The van der Waals surface area contributed by atoms with Crippen molar-refractivity contribution in [3.63, 3.8) is 0 Å². The zero-order chi connectivity index (χ0) is 24.2. The molecular weight excluding hydrogens is 456 g/mol. The summed E-state index contributed by atoms with van der Waals surface area (Å²) >= 11 is 6.31. The van der Waals surface area contributed by atoms with E-state index < -0.39 is 0 Å². The number of carbonyl (C=O) groups is 3. The molecule has 0 radical (unpaired) electrons. The Morgan fingerprint density at radius 1 is 0.971 bits per heavy atom. The van der Waals surface area contributed by atoms with Crippen molar-refractivity contribution < 1.29 is 23.9 Å². The van der Waals surface area contributed by atoms with Crippen molar-refractivity contribution in [1.29, 1.82) is 0 Å². The number of amides is 3. The van der Waals surface area contributed by atoms with Crippen LogP contribution in [0.2, 0.25) is 5.02 Å². The third-order valence-corrected chi connectivity index (χ3v) is 5.72. The minimum atomic E-state index is -0.336. The van der Waals surface area contributed by atoms with Crippen LogP contribution >= 0.6 is 11.6 Å². The molecule has 0 aliphatic carbocycles. The fourth-order valence-electron chi connectivity index (χ4n) is 3.82. The third kappa shape index (κ3) is 4.61. The van der Waals surface area contributed by atoms with Crippen LogP contribution in [-0.4, -0.2) is 36.3 Å². The lowest BCUT2D eigenvalue weighted by Gasteiger charge is -2.15. The number of imide groups is 1. The summed E-state index contributed by atoms with van der Waals surface area (Å²) in [6, 6.07) is 17.1. The van der Waals surface area contributed by atoms with Crippen molar-refractivity contribution in [2.24, 2.45) is 0 Å². The molecule has 0 aromatic heterocycles. The van der Waals surface area contributed by atoms with Crippen molar-refractivity contribution in [3.8, 4) is 11.5 Å². The number of methoxy groups -OCH3 is 1. The molecule has 3 aromatic carbocycles. The van der Waals surface area contributed by atoms with Crippen LogP contribution in [0.3, 0.4) is 0 Å². The van der Waals surface area contributed by atoms with Crippen molar-refractivity contribution in [1.82, 2.24) is 10.2 Å². The summed E-state index contributed by atoms with van der Waals surface area (Å²) in [5.41, 5.74) is 2.63. The van der Waals surface area contributed by atoms with Crippen molar-refractivity contribution in [2.75, 3.05) is 13.7 Å². The summed E-state index contributed by atoms with van der Waals surface area (Å²) in [6.07, 6.45) is 0. The van der Waals surface area contributed by atoms with Crippen molar-refractivity contribution in [3.05, 3.63) is 93.5 Å². The van der Waals surface area contributed by atoms with Crippen LogP contribution in [0.25, 0.3) is 0 Å². The van der Waals surface area contributed by atoms with E-state index in [4.69, 9.17) is 21.1 Å². The molecule has 0 saturated heterocycles. The molecule has 7 nitrogen and oxygen atoms in total. The van der Waals surface area contributed by atoms with E-state index >= 15 is 0 Å². The highest BCUT2D eigenvalue weighted by molar-refractivity contribution is 6.32. The van der Waals surface area contributed by atoms with Gasteiger partial charge < -0.3 is 14.8 Å². The first kappa shape index (κ1) is 23.3. The van der Waals surface area contributed by atoms with Crippen LogP contribution in [0.5, 0.6) is 11.5 Å². The molecule has 3 amide bonds. The van der Waals surface area contributed by atoms with Crippen LogP contribution in [0.1, 0.15) is 49.1 Å². The lowest BCUT2D eigenvalue weighted by molar-refractivity contribution is 0.0642. The Kier molecular flexibility index (Phi) is 6.84. The summed E-state index contributed by atoms with van der Waals surface area (Å²) in [6.45, 7) is 2.61. The zero-order valence-corrected chi connectivity index (χ0v) is 19.5. The maximum Gasteiger partial charge on any atom is 0.261 e. The van der Waals surface area contributed by atoms with Crippen LogP contribution in [0, 0.1) is 0 Å². The maximum atomic E-state index is 12.8. The average molecular weight is 479 g/mol. The van der Waals surface area contributed by atoms with Crippen LogP contribution < -0.4 is 14.8 Å². The van der Waals surface area contributed by atoms with E-state index in [1.54, 1.807) is 60.7 Å². The van der Waals surface area contributed by atoms with E-state index in [1.807, 2.05) is 6.92 Å². The fourth-order valence-corrected chi connectivity index (χ4v) is 4.11. The highest BCUT2D eigenvalue weighted by atomic mass is 35.5. The number of benzene rings is 3. The molecule has 4 rings (SSSR count). The summed E-state index contributed by atoms with van der Waals surface area (Å²) in [7, 11) is 1.52. The second kappa shape index (κ2) is 9.97. The van der Waals surface area contributed by atoms with Crippen LogP contribution in [0.4, 0.5) is 0 Å². The second-order valence-corrected chi connectivity index (χ2v) is 8.07. The number of hydrogen-bond acceptors (Lipinski definition) is 5. The molecule has 0 fully saturated rings. The molecule has 34 heavy (non-hydrogen) atoms. The Morgan fingerprint density at radius 2 is 1.68 bits per heavy atom. The van der Waals surface area contributed by atoms with Gasteiger partial charge in [0.1, 0.15) is 0 Å². The molecule has 0 spiro atoms. The Labute approximate surface area is 202 Å². The first-order chi connectivity index (χ1) is 16.4. The largest absolute Gasteiger partial charge is 0.493 e. The Morgan fingerprint density at radius 3 is 2.32 bits per heavy atom. The number of halogens is 1. The first-order valence-corrected chi connectivity index (χ1v) is 11.1. The van der Waals surface area contributed by atoms with E-state index in [9.17, 15) is 14.4 Å². The Hall–Kier alpha value is -3.84. The Bertz CT molecular complexity index is 1240. The quantitative estimate of drug-likeness (QED) is 0.483. The lowest BCUT2D eigenvalue weighted by atomic mass is 10.1. The van der Waals surface area contributed by atoms with Crippen molar-refractivity contribution in [2.45, 2.75) is 20.0 Å². The topological polar surface area (TPSA) is 84.9 Å². The number of hydrogen-bond donors (Lipinski definition) is 1. The lowest BCUT2D eigenvalue weighted by Crippen LogP contribution is -2.29. The number of rotatable bonds is 8. The predicted molar refractivity (Wildman–Crippen MR) is 127 cm³/mol. The van der Waals surface area contributed by atoms with E-state index in [2.05, 4.69) is 5.32 Å². The smallest absolute Gasteiger partial charge is 0.261 e. The van der Waals surface area contributed by atoms with Crippen molar-refractivity contribution >= 4 is 29.3 Å². The molecule has 0 saturated carbocycles. The highest BCUT2D eigenvalue weighted by Gasteiger charge is 2.35. The molecule has 0 atom stereocenters. The number of ether oxygens (including phenoxy) is 2. The molecule has 0 unspecified atom stereocenters. The minimum absolute atomic E-state index is 0.0825. The van der Waals surface area contributed by atoms with Gasteiger partial charge >= 0.3 is 0 Å². The number of nitrogens with zero attached hydrogens (tertiary/aromatic N) is 1. The molecular formula is C26H23ClN2O5. The summed E-state index contributed by atoms with van der Waals surface area (Å²) in [5.74, 6) is -0.0223. The monoisotopic (exact) mass is 478 g/mol. The van der Waals surface area contributed by atoms with Crippen LogP contribution in [0.15, 0.2) is 60.7 Å². The Balaban J connectivity index is 1.44.